The molecule has 2 unspecified atom stereocenters. The van der Waals surface area contributed by atoms with Gasteiger partial charge >= 0.3 is 0 Å². The number of carbonyl (C=O) groups excluding carboxylic acids is 2. The van der Waals surface area contributed by atoms with Crippen molar-refractivity contribution in [2.45, 2.75) is 59.7 Å². The van der Waals surface area contributed by atoms with Crippen LogP contribution in [-0.4, -0.2) is 35.4 Å². The Morgan fingerprint density at radius 2 is 1.69 bits per heavy atom. The molecule has 32 heavy (non-hydrogen) atoms. The molecule has 8 heteroatoms. The van der Waals surface area contributed by atoms with E-state index in [1.165, 1.54) is 4.90 Å². The highest BCUT2D eigenvalue weighted by Crippen LogP contribution is 2.28. The van der Waals surface area contributed by atoms with E-state index in [0.29, 0.717) is 21.4 Å². The second-order valence-corrected chi connectivity index (χ2v) is 9.48. The summed E-state index contributed by atoms with van der Waals surface area (Å²) >= 11 is 16.2. The average Bonchev–Trinajstić information content (AvgIpc) is 2.74. The van der Waals surface area contributed by atoms with Crippen LogP contribution < -0.4 is 10.1 Å². The minimum Gasteiger partial charge on any atom is -0.484 e. The lowest BCUT2D eigenvalue weighted by Gasteiger charge is -2.30. The average molecular weight is 544 g/mol. The molecule has 0 heterocycles. The van der Waals surface area contributed by atoms with Crippen molar-refractivity contribution in [3.05, 3.63) is 61.5 Å². The van der Waals surface area contributed by atoms with Crippen LogP contribution in [0, 0.1) is 13.8 Å². The van der Waals surface area contributed by atoms with E-state index in [-0.39, 0.29) is 31.0 Å². The number of nitrogens with zero attached hydrogens (tertiary/aromatic N) is 1. The van der Waals surface area contributed by atoms with Crippen molar-refractivity contribution in [3.8, 4) is 5.75 Å². The second kappa shape index (κ2) is 11.9. The maximum atomic E-state index is 13.2. The smallest absolute Gasteiger partial charge is 0.261 e. The van der Waals surface area contributed by atoms with E-state index in [1.54, 1.807) is 25.1 Å². The Hall–Kier alpha value is -1.76. The first-order valence-corrected chi connectivity index (χ1v) is 12.0. The number of aryl methyl sites for hydroxylation is 2. The summed E-state index contributed by atoms with van der Waals surface area (Å²) in [5.41, 5.74) is 2.60. The predicted molar refractivity (Wildman–Crippen MR) is 133 cm³/mol. The third-order valence-corrected chi connectivity index (χ3v) is 7.29. The minimum absolute atomic E-state index is 0.00392. The first kappa shape index (κ1) is 26.5. The largest absolute Gasteiger partial charge is 0.484 e. The van der Waals surface area contributed by atoms with Gasteiger partial charge in [-0.2, -0.15) is 0 Å². The number of benzene rings is 2. The van der Waals surface area contributed by atoms with E-state index in [9.17, 15) is 9.59 Å². The van der Waals surface area contributed by atoms with Crippen molar-refractivity contribution in [2.24, 2.45) is 0 Å². The number of halogens is 3. The molecule has 0 aliphatic heterocycles. The van der Waals surface area contributed by atoms with Gasteiger partial charge in [-0.1, -0.05) is 52.1 Å². The summed E-state index contributed by atoms with van der Waals surface area (Å²) in [4.78, 5) is 27.5. The number of hydrogen-bond donors (Lipinski definition) is 1. The van der Waals surface area contributed by atoms with Gasteiger partial charge in [0.2, 0.25) is 5.91 Å². The van der Waals surface area contributed by atoms with Gasteiger partial charge in [-0.3, -0.25) is 9.59 Å². The zero-order valence-corrected chi connectivity index (χ0v) is 22.1. The summed E-state index contributed by atoms with van der Waals surface area (Å²) in [6, 6.07) is 8.13. The highest BCUT2D eigenvalue weighted by atomic mass is 79.9. The fourth-order valence-electron chi connectivity index (χ4n) is 3.12. The molecular formula is C24H29BrCl2N2O3. The molecule has 2 rings (SSSR count). The monoisotopic (exact) mass is 542 g/mol. The molecule has 0 aliphatic rings. The molecule has 0 spiro atoms. The van der Waals surface area contributed by atoms with Crippen molar-refractivity contribution >= 4 is 50.9 Å². The Kier molecular flexibility index (Phi) is 9.86. The molecule has 1 N–H and O–H groups in total. The van der Waals surface area contributed by atoms with Gasteiger partial charge in [-0.25, -0.2) is 0 Å². The lowest BCUT2D eigenvalue weighted by Crippen LogP contribution is -2.50. The Morgan fingerprint density at radius 1 is 1.12 bits per heavy atom. The number of nitrogens with one attached hydrogen (secondary N) is 1. The summed E-state index contributed by atoms with van der Waals surface area (Å²) < 4.78 is 6.79. The summed E-state index contributed by atoms with van der Waals surface area (Å²) in [6.45, 7) is 9.38. The lowest BCUT2D eigenvalue weighted by molar-refractivity contribution is -0.142. The van der Waals surface area contributed by atoms with Crippen LogP contribution in [0.25, 0.3) is 0 Å². The summed E-state index contributed by atoms with van der Waals surface area (Å²) in [6.07, 6.45) is 0.786. The molecule has 0 saturated heterocycles. The van der Waals surface area contributed by atoms with Crippen molar-refractivity contribution in [3.63, 3.8) is 0 Å². The van der Waals surface area contributed by atoms with Crippen LogP contribution in [0.2, 0.25) is 10.0 Å². The Morgan fingerprint density at radius 3 is 2.22 bits per heavy atom. The number of ether oxygens (including phenoxy) is 1. The zero-order valence-electron chi connectivity index (χ0n) is 19.0. The van der Waals surface area contributed by atoms with Crippen LogP contribution in [0.5, 0.6) is 5.75 Å². The zero-order chi connectivity index (χ0) is 24.0. The molecule has 2 atom stereocenters. The minimum atomic E-state index is -0.735. The SMILES string of the molecule is CCC(C)NC(=O)C(C)N(Cc1c(Cl)cccc1Cl)C(=O)COc1cc(C)c(Br)c(C)c1. The number of carbonyl (C=O) groups is 2. The van der Waals surface area contributed by atoms with Crippen LogP contribution in [0.15, 0.2) is 34.8 Å². The van der Waals surface area contributed by atoms with Gasteiger partial charge in [0.25, 0.3) is 5.91 Å². The normalized spacial score (nSPS) is 12.8. The van der Waals surface area contributed by atoms with Gasteiger partial charge in [0.1, 0.15) is 11.8 Å². The van der Waals surface area contributed by atoms with Crippen LogP contribution in [0.4, 0.5) is 0 Å². The van der Waals surface area contributed by atoms with E-state index in [2.05, 4.69) is 21.2 Å². The molecule has 2 amide bonds. The second-order valence-electron chi connectivity index (χ2n) is 7.88. The molecule has 0 saturated carbocycles. The standard InChI is InChI=1S/C24H29BrCl2N2O3/c1-6-16(4)28-24(31)17(5)29(12-19-20(26)8-7-9-21(19)27)22(30)13-32-18-10-14(2)23(25)15(3)11-18/h7-11,16-17H,6,12-13H2,1-5H3,(H,28,31). The molecule has 0 fully saturated rings. The fourth-order valence-corrected chi connectivity index (χ4v) is 3.87. The highest BCUT2D eigenvalue weighted by molar-refractivity contribution is 9.10. The predicted octanol–water partition coefficient (Wildman–Crippen LogP) is 6.08. The molecule has 2 aromatic rings. The van der Waals surface area contributed by atoms with Crippen molar-refractivity contribution < 1.29 is 14.3 Å². The first-order chi connectivity index (χ1) is 15.0. The highest BCUT2D eigenvalue weighted by Gasteiger charge is 2.28. The molecule has 0 aromatic heterocycles. The molecule has 2 aromatic carbocycles. The lowest BCUT2D eigenvalue weighted by atomic mass is 10.1. The summed E-state index contributed by atoms with van der Waals surface area (Å²) in [5.74, 6) is 0.00112. The third kappa shape index (κ3) is 6.87. The van der Waals surface area contributed by atoms with Crippen LogP contribution in [0.3, 0.4) is 0 Å². The number of hydrogen-bond acceptors (Lipinski definition) is 3. The molecule has 0 bridgehead atoms. The summed E-state index contributed by atoms with van der Waals surface area (Å²) in [5, 5.41) is 3.80. The molecular weight excluding hydrogens is 515 g/mol. The van der Waals surface area contributed by atoms with Gasteiger partial charge in [-0.15, -0.1) is 0 Å². The van der Waals surface area contributed by atoms with Crippen molar-refractivity contribution in [2.75, 3.05) is 6.61 Å². The number of amides is 2. The van der Waals surface area contributed by atoms with E-state index in [4.69, 9.17) is 27.9 Å². The molecule has 0 radical (unpaired) electrons. The van der Waals surface area contributed by atoms with Gasteiger partial charge in [0.15, 0.2) is 6.61 Å². The van der Waals surface area contributed by atoms with E-state index in [1.807, 2.05) is 39.8 Å². The fraction of sp³-hybridized carbons (Fsp3) is 0.417. The number of rotatable bonds is 9. The van der Waals surface area contributed by atoms with Gasteiger partial charge in [0, 0.05) is 32.7 Å². The Bertz CT molecular complexity index is 940. The van der Waals surface area contributed by atoms with E-state index >= 15 is 0 Å². The van der Waals surface area contributed by atoms with E-state index < -0.39 is 6.04 Å². The van der Waals surface area contributed by atoms with Crippen LogP contribution >= 0.6 is 39.1 Å². The van der Waals surface area contributed by atoms with Gasteiger partial charge in [-0.05, 0) is 69.5 Å². The topological polar surface area (TPSA) is 58.6 Å². The van der Waals surface area contributed by atoms with Gasteiger partial charge in [0.05, 0.1) is 0 Å². The van der Waals surface area contributed by atoms with Crippen molar-refractivity contribution in [1.82, 2.24) is 10.2 Å². The van der Waals surface area contributed by atoms with Crippen LogP contribution in [-0.2, 0) is 16.1 Å². The molecule has 174 valence electrons. The molecule has 0 aliphatic carbocycles. The van der Waals surface area contributed by atoms with Crippen LogP contribution in [0.1, 0.15) is 43.9 Å². The third-order valence-electron chi connectivity index (χ3n) is 5.33. The Labute approximate surface area is 208 Å². The maximum absolute atomic E-state index is 13.2. The quantitative estimate of drug-likeness (QED) is 0.416. The Balaban J connectivity index is 2.26. The molecule has 5 nitrogen and oxygen atoms in total. The van der Waals surface area contributed by atoms with E-state index in [0.717, 1.165) is 22.0 Å². The van der Waals surface area contributed by atoms with Gasteiger partial charge < -0.3 is 15.0 Å². The maximum Gasteiger partial charge on any atom is 0.261 e. The summed E-state index contributed by atoms with van der Waals surface area (Å²) in [7, 11) is 0. The van der Waals surface area contributed by atoms with Crippen molar-refractivity contribution in [1.29, 1.82) is 0 Å². The first-order valence-electron chi connectivity index (χ1n) is 10.5.